The Labute approximate surface area is 116 Å². The smallest absolute Gasteiger partial charge is 0.171 e. The van der Waals surface area contributed by atoms with Gasteiger partial charge < -0.3 is 15.4 Å². The molecule has 0 bridgehead atoms. The fraction of sp³-hybridized carbons (Fsp3) is 0.667. The third kappa shape index (κ3) is 3.83. The topological polar surface area (TPSA) is 51.4 Å². The molecule has 19 heavy (non-hydrogen) atoms. The summed E-state index contributed by atoms with van der Waals surface area (Å²) in [6.07, 6.45) is 6.43. The predicted octanol–water partition coefficient (Wildman–Crippen LogP) is 2.44. The molecule has 2 rings (SSSR count). The molecule has 4 nitrogen and oxygen atoms in total. The summed E-state index contributed by atoms with van der Waals surface area (Å²) in [7, 11) is 0. The first-order valence-electron chi connectivity index (χ1n) is 7.38. The molecule has 0 unspecified atom stereocenters. The van der Waals surface area contributed by atoms with Gasteiger partial charge in [-0.15, -0.1) is 0 Å². The molecule has 0 aromatic carbocycles. The van der Waals surface area contributed by atoms with E-state index in [0.717, 1.165) is 56.6 Å². The monoisotopic (exact) mass is 263 g/mol. The van der Waals surface area contributed by atoms with Crippen LogP contribution in [-0.4, -0.2) is 31.2 Å². The number of rotatable bonds is 6. The van der Waals surface area contributed by atoms with E-state index in [0.29, 0.717) is 0 Å². The Balaban J connectivity index is 1.98. The molecule has 1 aromatic heterocycles. The first kappa shape index (κ1) is 14.1. The Morgan fingerprint density at radius 3 is 2.89 bits per heavy atom. The lowest BCUT2D eigenvalue weighted by molar-refractivity contribution is 0.313. The first-order valence-corrected chi connectivity index (χ1v) is 7.38. The zero-order chi connectivity index (χ0) is 13.5. The van der Waals surface area contributed by atoms with Gasteiger partial charge in [0, 0.05) is 19.3 Å². The number of piperidine rings is 1. The van der Waals surface area contributed by atoms with E-state index in [-0.39, 0.29) is 0 Å². The number of nitrogens with zero attached hydrogens (tertiary/aromatic N) is 2. The Morgan fingerprint density at radius 2 is 2.21 bits per heavy atom. The summed E-state index contributed by atoms with van der Waals surface area (Å²) in [4.78, 5) is 6.85. The lowest BCUT2D eigenvalue weighted by Gasteiger charge is -2.33. The molecule has 1 aliphatic heterocycles. The molecular weight excluding hydrogens is 238 g/mol. The first-order chi connectivity index (χ1) is 9.35. The quantitative estimate of drug-likeness (QED) is 0.856. The zero-order valence-corrected chi connectivity index (χ0v) is 11.8. The molecule has 1 saturated heterocycles. The fourth-order valence-corrected chi connectivity index (χ4v) is 2.61. The minimum absolute atomic E-state index is 0.752. The van der Waals surface area contributed by atoms with Crippen molar-refractivity contribution in [3.63, 3.8) is 0 Å². The molecule has 1 aromatic rings. The van der Waals surface area contributed by atoms with Crippen LogP contribution in [0.1, 0.15) is 32.6 Å². The van der Waals surface area contributed by atoms with Gasteiger partial charge in [-0.25, -0.2) is 4.98 Å². The van der Waals surface area contributed by atoms with Crippen LogP contribution in [0.5, 0.6) is 5.75 Å². The second kappa shape index (κ2) is 7.34. The van der Waals surface area contributed by atoms with Gasteiger partial charge in [-0.3, -0.25) is 0 Å². The molecule has 0 atom stereocenters. The van der Waals surface area contributed by atoms with Gasteiger partial charge in [0.05, 0.1) is 6.61 Å². The molecule has 106 valence electrons. The summed E-state index contributed by atoms with van der Waals surface area (Å²) in [5.41, 5.74) is 5.64. The number of pyridine rings is 1. The van der Waals surface area contributed by atoms with Crippen molar-refractivity contribution in [2.24, 2.45) is 11.7 Å². The van der Waals surface area contributed by atoms with Crippen LogP contribution in [0.25, 0.3) is 0 Å². The van der Waals surface area contributed by atoms with Crippen molar-refractivity contribution in [2.75, 3.05) is 31.1 Å². The second-order valence-corrected chi connectivity index (χ2v) is 5.18. The van der Waals surface area contributed by atoms with Crippen molar-refractivity contribution in [2.45, 2.75) is 32.6 Å². The molecule has 0 spiro atoms. The molecule has 2 N–H and O–H groups in total. The lowest BCUT2D eigenvalue weighted by atomic mass is 9.93. The molecule has 4 heteroatoms. The molecule has 0 amide bonds. The van der Waals surface area contributed by atoms with Gasteiger partial charge in [0.15, 0.2) is 11.6 Å². The SMILES string of the molecule is CCCOc1cccnc1N1CCC(CCN)CC1. The van der Waals surface area contributed by atoms with E-state index >= 15 is 0 Å². The van der Waals surface area contributed by atoms with Crippen LogP contribution in [0.3, 0.4) is 0 Å². The number of anilines is 1. The zero-order valence-electron chi connectivity index (χ0n) is 11.8. The Hall–Kier alpha value is -1.29. The van der Waals surface area contributed by atoms with Crippen molar-refractivity contribution in [3.8, 4) is 5.75 Å². The summed E-state index contributed by atoms with van der Waals surface area (Å²) in [6.45, 7) is 5.80. The summed E-state index contributed by atoms with van der Waals surface area (Å²) < 4.78 is 5.79. The molecule has 0 aliphatic carbocycles. The number of aromatic nitrogens is 1. The van der Waals surface area contributed by atoms with Crippen molar-refractivity contribution in [1.29, 1.82) is 0 Å². The van der Waals surface area contributed by atoms with Crippen LogP contribution in [0.4, 0.5) is 5.82 Å². The Kier molecular flexibility index (Phi) is 5.45. The van der Waals surface area contributed by atoms with E-state index in [4.69, 9.17) is 10.5 Å². The van der Waals surface area contributed by atoms with Crippen molar-refractivity contribution < 1.29 is 4.74 Å². The van der Waals surface area contributed by atoms with Gasteiger partial charge >= 0.3 is 0 Å². The highest BCUT2D eigenvalue weighted by atomic mass is 16.5. The molecule has 2 heterocycles. The van der Waals surface area contributed by atoms with Gasteiger partial charge in [0.25, 0.3) is 0 Å². The van der Waals surface area contributed by atoms with Gasteiger partial charge in [0.2, 0.25) is 0 Å². The van der Waals surface area contributed by atoms with Crippen LogP contribution in [0.2, 0.25) is 0 Å². The summed E-state index contributed by atoms with van der Waals surface area (Å²) >= 11 is 0. The van der Waals surface area contributed by atoms with E-state index in [1.165, 1.54) is 12.8 Å². The molecule has 0 saturated carbocycles. The van der Waals surface area contributed by atoms with E-state index in [9.17, 15) is 0 Å². The molecular formula is C15H25N3O. The standard InChI is InChI=1S/C15H25N3O/c1-2-12-19-14-4-3-9-17-15(14)18-10-6-13(5-8-16)7-11-18/h3-4,9,13H,2,5-8,10-12,16H2,1H3. The van der Waals surface area contributed by atoms with Crippen LogP contribution in [-0.2, 0) is 0 Å². The number of hydrogen-bond donors (Lipinski definition) is 1. The number of ether oxygens (including phenoxy) is 1. The highest BCUT2D eigenvalue weighted by molar-refractivity contribution is 5.52. The van der Waals surface area contributed by atoms with E-state index in [1.807, 2.05) is 18.3 Å². The highest BCUT2D eigenvalue weighted by Gasteiger charge is 2.21. The summed E-state index contributed by atoms with van der Waals surface area (Å²) in [5.74, 6) is 2.70. The third-order valence-electron chi connectivity index (χ3n) is 3.70. The van der Waals surface area contributed by atoms with E-state index < -0.39 is 0 Å². The van der Waals surface area contributed by atoms with Crippen LogP contribution in [0.15, 0.2) is 18.3 Å². The second-order valence-electron chi connectivity index (χ2n) is 5.18. The van der Waals surface area contributed by atoms with Crippen LogP contribution >= 0.6 is 0 Å². The van der Waals surface area contributed by atoms with E-state index in [2.05, 4.69) is 16.8 Å². The minimum Gasteiger partial charge on any atom is -0.490 e. The fourth-order valence-electron chi connectivity index (χ4n) is 2.61. The predicted molar refractivity (Wildman–Crippen MR) is 78.6 cm³/mol. The maximum absolute atomic E-state index is 5.79. The lowest BCUT2D eigenvalue weighted by Crippen LogP contribution is -2.35. The Bertz CT molecular complexity index is 375. The number of hydrogen-bond acceptors (Lipinski definition) is 4. The average molecular weight is 263 g/mol. The van der Waals surface area contributed by atoms with Crippen molar-refractivity contribution >= 4 is 5.82 Å². The highest BCUT2D eigenvalue weighted by Crippen LogP contribution is 2.30. The normalized spacial score (nSPS) is 16.6. The largest absolute Gasteiger partial charge is 0.490 e. The minimum atomic E-state index is 0.752. The van der Waals surface area contributed by atoms with Crippen molar-refractivity contribution in [3.05, 3.63) is 18.3 Å². The maximum Gasteiger partial charge on any atom is 0.171 e. The third-order valence-corrected chi connectivity index (χ3v) is 3.70. The van der Waals surface area contributed by atoms with Crippen LogP contribution in [0, 0.1) is 5.92 Å². The van der Waals surface area contributed by atoms with E-state index in [1.54, 1.807) is 0 Å². The van der Waals surface area contributed by atoms with Crippen LogP contribution < -0.4 is 15.4 Å². The molecule has 0 radical (unpaired) electrons. The Morgan fingerprint density at radius 1 is 1.42 bits per heavy atom. The molecule has 1 aliphatic rings. The molecule has 1 fully saturated rings. The van der Waals surface area contributed by atoms with Gasteiger partial charge in [-0.1, -0.05) is 6.92 Å². The maximum atomic E-state index is 5.79. The van der Waals surface area contributed by atoms with Gasteiger partial charge in [-0.2, -0.15) is 0 Å². The summed E-state index contributed by atoms with van der Waals surface area (Å²) in [5, 5.41) is 0. The van der Waals surface area contributed by atoms with Crippen molar-refractivity contribution in [1.82, 2.24) is 4.98 Å². The van der Waals surface area contributed by atoms with Gasteiger partial charge in [0.1, 0.15) is 0 Å². The number of nitrogens with two attached hydrogens (primary N) is 1. The van der Waals surface area contributed by atoms with Gasteiger partial charge in [-0.05, 0) is 50.3 Å². The summed E-state index contributed by atoms with van der Waals surface area (Å²) in [6, 6.07) is 3.96. The average Bonchev–Trinajstić information content (AvgIpc) is 2.47.